The molecule has 2 aliphatic rings. The molecule has 7 N–H and O–H groups in total. The molecule has 41 heavy (non-hydrogen) atoms. The molecule has 5 atom stereocenters. The number of aliphatic hydroxyl groups excluding tert-OH is 2. The van der Waals surface area contributed by atoms with Crippen molar-refractivity contribution in [3.05, 3.63) is 17.3 Å². The van der Waals surface area contributed by atoms with Crippen LogP contribution in [0.5, 0.6) is 0 Å². The van der Waals surface area contributed by atoms with E-state index in [1.807, 2.05) is 0 Å². The van der Waals surface area contributed by atoms with Gasteiger partial charge in [0.1, 0.15) is 24.1 Å². The van der Waals surface area contributed by atoms with Crippen LogP contribution in [0.15, 0.2) is 6.20 Å². The third-order valence-electron chi connectivity index (χ3n) is 7.30. The molecule has 1 unspecified atom stereocenters. The number of nitrogens with zero attached hydrogens (tertiary/aromatic N) is 7. The first-order valence-electron chi connectivity index (χ1n) is 12.8. The number of H-pyrrole nitrogens is 1. The minimum absolute atomic E-state index is 0.0621. The number of aryl methyl sites for hydroxylation is 1. The number of aromatic amines is 1. The number of tetrazole rings is 1. The van der Waals surface area contributed by atoms with Crippen LogP contribution in [0, 0.1) is 0 Å². The zero-order valence-electron chi connectivity index (χ0n) is 21.4. The lowest BCUT2D eigenvalue weighted by molar-refractivity contribution is -0.164. The van der Waals surface area contributed by atoms with Gasteiger partial charge in [-0.25, -0.2) is 9.48 Å². The number of hydrogen-bond donors (Lipinski definition) is 7. The fourth-order valence-electron chi connectivity index (χ4n) is 5.12. The van der Waals surface area contributed by atoms with Crippen LogP contribution in [0.4, 0.5) is 5.82 Å². The highest BCUT2D eigenvalue weighted by molar-refractivity contribution is 7.54. The Morgan fingerprint density at radius 2 is 2.02 bits per heavy atom. The summed E-state index contributed by atoms with van der Waals surface area (Å²) in [6.45, 7) is -0.780. The van der Waals surface area contributed by atoms with Crippen LogP contribution in [0.2, 0.25) is 5.28 Å². The monoisotopic (exact) mass is 617 g/mol. The Morgan fingerprint density at radius 1 is 1.27 bits per heavy atom. The van der Waals surface area contributed by atoms with E-state index in [1.54, 1.807) is 0 Å². The molecule has 0 radical (unpaired) electrons. The lowest BCUT2D eigenvalue weighted by Crippen LogP contribution is -2.45. The third kappa shape index (κ3) is 5.91. The highest BCUT2D eigenvalue weighted by atomic mass is 35.5. The molecule has 20 heteroatoms. The Hall–Kier alpha value is -2.83. The summed E-state index contributed by atoms with van der Waals surface area (Å²) >= 11 is 6.17. The SMILES string of the molecule is O=C(O)C(CCCc1nn[nH]n1)(OC[C@H]1O[C@@H](n2ncc3c(NC4CCCC4)nc(Cl)nc32)[C@H](O)[C@@H]1O)P(=O)(O)O. The summed E-state index contributed by atoms with van der Waals surface area (Å²) in [7, 11) is -5.42. The van der Waals surface area contributed by atoms with Crippen molar-refractivity contribution in [2.75, 3.05) is 11.9 Å². The maximum atomic E-state index is 12.4. The van der Waals surface area contributed by atoms with Crippen molar-refractivity contribution < 1.29 is 43.9 Å². The Kier molecular flexibility index (Phi) is 8.54. The summed E-state index contributed by atoms with van der Waals surface area (Å²) in [6, 6.07) is 0.208. The van der Waals surface area contributed by atoms with Crippen LogP contribution in [0.25, 0.3) is 11.0 Å². The first kappa shape index (κ1) is 29.7. The molecular weight excluding hydrogens is 589 g/mol. The van der Waals surface area contributed by atoms with Crippen LogP contribution < -0.4 is 5.32 Å². The van der Waals surface area contributed by atoms with Gasteiger partial charge in [-0.2, -0.15) is 20.3 Å². The van der Waals surface area contributed by atoms with Gasteiger partial charge in [-0.15, -0.1) is 10.2 Å². The average Bonchev–Trinajstić information content (AvgIpc) is 3.71. The number of carboxylic acids is 1. The Balaban J connectivity index is 1.33. The van der Waals surface area contributed by atoms with Crippen LogP contribution in [0.3, 0.4) is 0 Å². The minimum Gasteiger partial charge on any atom is -0.479 e. The number of carbonyl (C=O) groups is 1. The third-order valence-corrected chi connectivity index (χ3v) is 8.95. The average molecular weight is 618 g/mol. The molecule has 2 fully saturated rings. The Morgan fingerprint density at radius 3 is 2.68 bits per heavy atom. The molecule has 0 bridgehead atoms. The maximum absolute atomic E-state index is 12.4. The molecule has 0 amide bonds. The first-order valence-corrected chi connectivity index (χ1v) is 14.8. The predicted molar refractivity (Wildman–Crippen MR) is 138 cm³/mol. The van der Waals surface area contributed by atoms with Crippen molar-refractivity contribution >= 4 is 42.0 Å². The van der Waals surface area contributed by atoms with Gasteiger partial charge in [-0.05, 0) is 37.3 Å². The second-order valence-electron chi connectivity index (χ2n) is 9.97. The molecule has 1 aliphatic carbocycles. The molecule has 1 aliphatic heterocycles. The predicted octanol–water partition coefficient (Wildman–Crippen LogP) is -0.0354. The van der Waals surface area contributed by atoms with E-state index in [9.17, 15) is 34.5 Å². The number of aromatic nitrogens is 8. The van der Waals surface area contributed by atoms with Gasteiger partial charge < -0.3 is 39.9 Å². The number of aliphatic carboxylic acids is 1. The number of carboxylic acid groups (broad SMARTS) is 1. The molecule has 5 rings (SSSR count). The number of nitrogens with one attached hydrogen (secondary N) is 2. The number of anilines is 1. The number of aliphatic hydroxyl groups is 2. The van der Waals surface area contributed by atoms with Gasteiger partial charge in [0.15, 0.2) is 17.7 Å². The van der Waals surface area contributed by atoms with Crippen molar-refractivity contribution in [3.8, 4) is 0 Å². The summed E-state index contributed by atoms with van der Waals surface area (Å²) in [5.41, 5.74) is 0.208. The minimum atomic E-state index is -5.42. The smallest absolute Gasteiger partial charge is 0.368 e. The van der Waals surface area contributed by atoms with Crippen LogP contribution in [0.1, 0.15) is 50.6 Å². The molecule has 3 aromatic rings. The topological polar surface area (TPSA) is 264 Å². The zero-order chi connectivity index (χ0) is 29.4. The summed E-state index contributed by atoms with van der Waals surface area (Å²) in [5.74, 6) is -1.23. The summed E-state index contributed by atoms with van der Waals surface area (Å²) in [5, 5.41) is 49.4. The van der Waals surface area contributed by atoms with Gasteiger partial charge >= 0.3 is 13.6 Å². The van der Waals surface area contributed by atoms with Crippen LogP contribution in [-0.4, -0.2) is 108 Å². The van der Waals surface area contributed by atoms with Crippen molar-refractivity contribution in [2.24, 2.45) is 0 Å². The van der Waals surface area contributed by atoms with E-state index in [-0.39, 0.29) is 35.6 Å². The molecule has 4 heterocycles. The number of rotatable bonds is 12. The molecule has 0 spiro atoms. The van der Waals surface area contributed by atoms with Crippen molar-refractivity contribution in [2.45, 2.75) is 80.9 Å². The highest BCUT2D eigenvalue weighted by Gasteiger charge is 2.56. The van der Waals surface area contributed by atoms with E-state index < -0.39 is 56.5 Å². The van der Waals surface area contributed by atoms with Gasteiger partial charge in [-0.3, -0.25) is 4.57 Å². The second kappa shape index (κ2) is 11.8. The van der Waals surface area contributed by atoms with Gasteiger partial charge in [-0.1, -0.05) is 18.1 Å². The lowest BCUT2D eigenvalue weighted by Gasteiger charge is -2.31. The van der Waals surface area contributed by atoms with Crippen LogP contribution in [-0.2, 0) is 25.3 Å². The van der Waals surface area contributed by atoms with Crippen molar-refractivity contribution in [3.63, 3.8) is 0 Å². The van der Waals surface area contributed by atoms with Gasteiger partial charge in [0.25, 0.3) is 5.34 Å². The fourth-order valence-corrected chi connectivity index (χ4v) is 6.22. The van der Waals surface area contributed by atoms with Gasteiger partial charge in [0.05, 0.1) is 18.2 Å². The molecule has 224 valence electrons. The van der Waals surface area contributed by atoms with E-state index in [0.29, 0.717) is 11.2 Å². The fraction of sp³-hybridized carbons (Fsp3) is 0.667. The van der Waals surface area contributed by atoms with Crippen molar-refractivity contribution in [1.29, 1.82) is 0 Å². The zero-order valence-corrected chi connectivity index (χ0v) is 23.1. The Labute approximate surface area is 236 Å². The van der Waals surface area contributed by atoms with E-state index >= 15 is 0 Å². The molecular formula is C21H29ClN9O9P. The highest BCUT2D eigenvalue weighted by Crippen LogP contribution is 2.54. The summed E-state index contributed by atoms with van der Waals surface area (Å²) < 4.78 is 24.7. The van der Waals surface area contributed by atoms with E-state index in [2.05, 4.69) is 41.0 Å². The van der Waals surface area contributed by atoms with Crippen molar-refractivity contribution in [1.82, 2.24) is 40.4 Å². The summed E-state index contributed by atoms with van der Waals surface area (Å²) in [6.07, 6.45) is -0.960. The standard InChI is InChI=1S/C21H29ClN9O9P/c22-20-25-16(24-10-4-1-2-5-10)11-8-23-31(17(11)26-20)18-15(33)14(32)12(40-18)9-39-21(19(34)35,41(36,37)38)7-3-6-13-27-29-30-28-13/h8,10,12,14-15,18,32-33H,1-7,9H2,(H,34,35)(H,24,25,26)(H2,36,37,38)(H,27,28,29,30)/t12-,14-,15-,18-,21?/m1/s1. The molecule has 1 saturated carbocycles. The molecule has 3 aromatic heterocycles. The normalized spacial score (nSPS) is 25.1. The van der Waals surface area contributed by atoms with Gasteiger partial charge in [0, 0.05) is 12.5 Å². The number of hydrogen-bond acceptors (Lipinski definition) is 13. The lowest BCUT2D eigenvalue weighted by atomic mass is 10.1. The first-order chi connectivity index (χ1) is 19.5. The van der Waals surface area contributed by atoms with E-state index in [4.69, 9.17) is 21.1 Å². The Bertz CT molecular complexity index is 1420. The molecule has 0 aromatic carbocycles. The quantitative estimate of drug-likeness (QED) is 0.104. The molecule has 18 nitrogen and oxygen atoms in total. The van der Waals surface area contributed by atoms with E-state index in [1.165, 1.54) is 10.9 Å². The number of fused-ring (bicyclic) bond motifs is 1. The van der Waals surface area contributed by atoms with Gasteiger partial charge in [0.2, 0.25) is 5.28 Å². The van der Waals surface area contributed by atoms with Crippen LogP contribution >= 0.6 is 19.2 Å². The number of halogens is 1. The van der Waals surface area contributed by atoms with E-state index in [0.717, 1.165) is 25.7 Å². The second-order valence-corrected chi connectivity index (χ2v) is 12.1. The summed E-state index contributed by atoms with van der Waals surface area (Å²) in [4.78, 5) is 40.6. The molecule has 1 saturated heterocycles. The number of ether oxygens (including phenoxy) is 2. The largest absolute Gasteiger partial charge is 0.479 e. The maximum Gasteiger partial charge on any atom is 0.368 e.